The highest BCUT2D eigenvalue weighted by atomic mass is 16.7. The molecule has 5 atom stereocenters. The maximum absolute atomic E-state index is 11.9. The van der Waals surface area contributed by atoms with E-state index in [-0.39, 0.29) is 17.9 Å². The smallest absolute Gasteiger partial charge is 0.333 e. The lowest BCUT2D eigenvalue weighted by Gasteiger charge is -2.40. The molecule has 3 N–H and O–H groups in total. The first-order chi connectivity index (χ1) is 11.2. The van der Waals surface area contributed by atoms with E-state index in [2.05, 4.69) is 0 Å². The van der Waals surface area contributed by atoms with E-state index in [1.165, 1.54) is 13.0 Å². The number of hydrogen-bond donors (Lipinski definition) is 3. The van der Waals surface area contributed by atoms with Crippen molar-refractivity contribution in [2.45, 2.75) is 64.8 Å². The van der Waals surface area contributed by atoms with Gasteiger partial charge in [0.25, 0.3) is 0 Å². The number of hydrogen-bond acceptors (Lipinski definition) is 8. The van der Waals surface area contributed by atoms with E-state index in [1.807, 2.05) is 13.8 Å². The molecule has 0 bridgehead atoms. The molecule has 0 aromatic carbocycles. The van der Waals surface area contributed by atoms with Crippen molar-refractivity contribution < 1.29 is 39.1 Å². The summed E-state index contributed by atoms with van der Waals surface area (Å²) in [7, 11) is 0. The quantitative estimate of drug-likeness (QED) is 0.450. The third-order valence-electron chi connectivity index (χ3n) is 3.65. The lowest BCUT2D eigenvalue weighted by atomic mass is 9.99. The zero-order chi connectivity index (χ0) is 18.4. The fraction of sp³-hybridized carbons (Fsp3) is 0.750. The summed E-state index contributed by atoms with van der Waals surface area (Å²) in [5.74, 6) is -1.29. The maximum atomic E-state index is 11.9. The van der Waals surface area contributed by atoms with Crippen molar-refractivity contribution in [1.29, 1.82) is 0 Å². The summed E-state index contributed by atoms with van der Waals surface area (Å²) in [5, 5.41) is 29.3. The topological polar surface area (TPSA) is 123 Å². The van der Waals surface area contributed by atoms with E-state index in [1.54, 1.807) is 6.92 Å². The van der Waals surface area contributed by atoms with Crippen molar-refractivity contribution in [2.75, 3.05) is 6.61 Å². The molecular weight excluding hydrogens is 320 g/mol. The van der Waals surface area contributed by atoms with Crippen molar-refractivity contribution in [3.05, 3.63) is 11.6 Å². The lowest BCUT2D eigenvalue weighted by molar-refractivity contribution is -0.295. The van der Waals surface area contributed by atoms with Gasteiger partial charge >= 0.3 is 11.9 Å². The Morgan fingerprint density at radius 1 is 1.21 bits per heavy atom. The van der Waals surface area contributed by atoms with E-state index in [0.717, 1.165) is 0 Å². The molecule has 1 rings (SSSR count). The fourth-order valence-electron chi connectivity index (χ4n) is 2.12. The minimum atomic E-state index is -1.57. The lowest BCUT2D eigenvalue weighted by Crippen LogP contribution is -2.60. The molecule has 1 heterocycles. The average Bonchev–Trinajstić information content (AvgIpc) is 2.52. The van der Waals surface area contributed by atoms with Crippen LogP contribution in [0.1, 0.15) is 34.1 Å². The zero-order valence-electron chi connectivity index (χ0n) is 14.3. The van der Waals surface area contributed by atoms with Crippen LogP contribution < -0.4 is 0 Å². The molecule has 5 unspecified atom stereocenters. The van der Waals surface area contributed by atoms with Crippen LogP contribution in [-0.4, -0.2) is 64.6 Å². The van der Waals surface area contributed by atoms with Crippen LogP contribution in [0.4, 0.5) is 0 Å². The van der Waals surface area contributed by atoms with Crippen molar-refractivity contribution >= 4 is 11.9 Å². The molecule has 0 spiro atoms. The number of carbonyl (C=O) groups excluding carboxylic acids is 2. The van der Waals surface area contributed by atoms with Gasteiger partial charge in [0.05, 0.1) is 6.61 Å². The molecule has 0 aliphatic carbocycles. The fourth-order valence-corrected chi connectivity index (χ4v) is 2.12. The molecule has 0 aromatic heterocycles. The average molecular weight is 346 g/mol. The highest BCUT2D eigenvalue weighted by Gasteiger charge is 2.48. The highest BCUT2D eigenvalue weighted by Crippen LogP contribution is 2.26. The predicted octanol–water partition coefficient (Wildman–Crippen LogP) is -0.107. The third kappa shape index (κ3) is 5.27. The Hall–Kier alpha value is -1.48. The first-order valence-electron chi connectivity index (χ1n) is 7.87. The third-order valence-corrected chi connectivity index (χ3v) is 3.65. The molecule has 24 heavy (non-hydrogen) atoms. The maximum Gasteiger partial charge on any atom is 0.333 e. The van der Waals surface area contributed by atoms with Crippen LogP contribution in [0, 0.1) is 5.92 Å². The van der Waals surface area contributed by atoms with Crippen molar-refractivity contribution in [2.24, 2.45) is 5.92 Å². The standard InChI is InChI=1S/C16H26O8/c1-5-9(4)15(21)24-14-13(20)12(19)10(7-17)22-16(14)23-11(18)6-8(2)3/h5,8,10,12-14,16-17,19-20H,6-7H2,1-4H3. The first-order valence-corrected chi connectivity index (χ1v) is 7.87. The van der Waals surface area contributed by atoms with Gasteiger partial charge in [0.15, 0.2) is 6.10 Å². The molecule has 0 radical (unpaired) electrons. The predicted molar refractivity (Wildman–Crippen MR) is 82.6 cm³/mol. The van der Waals surface area contributed by atoms with E-state index in [0.29, 0.717) is 0 Å². The monoisotopic (exact) mass is 346 g/mol. The van der Waals surface area contributed by atoms with Crippen LogP contribution in [0.15, 0.2) is 11.6 Å². The molecule has 0 amide bonds. The number of allylic oxidation sites excluding steroid dienone is 1. The van der Waals surface area contributed by atoms with E-state index >= 15 is 0 Å². The van der Waals surface area contributed by atoms with Gasteiger partial charge < -0.3 is 29.5 Å². The molecule has 0 aromatic rings. The van der Waals surface area contributed by atoms with Gasteiger partial charge in [0.1, 0.15) is 18.3 Å². The summed E-state index contributed by atoms with van der Waals surface area (Å²) in [6, 6.07) is 0. The van der Waals surface area contributed by atoms with Gasteiger partial charge in [-0.05, 0) is 19.8 Å². The largest absolute Gasteiger partial charge is 0.449 e. The Bertz CT molecular complexity index is 473. The molecule has 8 heteroatoms. The SMILES string of the molecule is CC=C(C)C(=O)OC1C(OC(=O)CC(C)C)OC(CO)C(O)C1O. The van der Waals surface area contributed by atoms with Crippen LogP contribution in [-0.2, 0) is 23.8 Å². The molecular formula is C16H26O8. The van der Waals surface area contributed by atoms with Crippen LogP contribution >= 0.6 is 0 Å². The normalized spacial score (nSPS) is 31.0. The Balaban J connectivity index is 2.94. The Kier molecular flexibility index (Phi) is 7.82. The van der Waals surface area contributed by atoms with Gasteiger partial charge in [0.2, 0.25) is 6.29 Å². The summed E-state index contributed by atoms with van der Waals surface area (Å²) in [6.45, 7) is 6.22. The van der Waals surface area contributed by atoms with Gasteiger partial charge in [-0.1, -0.05) is 19.9 Å². The minimum Gasteiger partial charge on any atom is -0.449 e. The molecule has 1 aliphatic rings. The van der Waals surface area contributed by atoms with Crippen LogP contribution in [0.2, 0.25) is 0 Å². The van der Waals surface area contributed by atoms with Gasteiger partial charge in [-0.15, -0.1) is 0 Å². The molecule has 138 valence electrons. The minimum absolute atomic E-state index is 0.0384. The number of aliphatic hydroxyl groups is 3. The van der Waals surface area contributed by atoms with Gasteiger partial charge in [-0.2, -0.15) is 0 Å². The van der Waals surface area contributed by atoms with Crippen molar-refractivity contribution in [3.8, 4) is 0 Å². The van der Waals surface area contributed by atoms with E-state index in [4.69, 9.17) is 14.2 Å². The number of aliphatic hydroxyl groups excluding tert-OH is 3. The molecule has 8 nitrogen and oxygen atoms in total. The van der Waals surface area contributed by atoms with Crippen LogP contribution in [0.5, 0.6) is 0 Å². The van der Waals surface area contributed by atoms with Gasteiger partial charge in [-0.25, -0.2) is 4.79 Å². The van der Waals surface area contributed by atoms with Crippen molar-refractivity contribution in [3.63, 3.8) is 0 Å². The van der Waals surface area contributed by atoms with Crippen molar-refractivity contribution in [1.82, 2.24) is 0 Å². The second-order valence-electron chi connectivity index (χ2n) is 6.14. The summed E-state index contributed by atoms with van der Waals surface area (Å²) >= 11 is 0. The number of rotatable bonds is 6. The number of carbonyl (C=O) groups is 2. The van der Waals surface area contributed by atoms with E-state index < -0.39 is 49.3 Å². The van der Waals surface area contributed by atoms with Crippen LogP contribution in [0.25, 0.3) is 0 Å². The Morgan fingerprint density at radius 2 is 1.83 bits per heavy atom. The second kappa shape index (κ2) is 9.12. The first kappa shape index (κ1) is 20.6. The number of ether oxygens (including phenoxy) is 3. The highest BCUT2D eigenvalue weighted by molar-refractivity contribution is 5.87. The van der Waals surface area contributed by atoms with E-state index in [9.17, 15) is 24.9 Å². The summed E-state index contributed by atoms with van der Waals surface area (Å²) in [5.41, 5.74) is 0.285. The molecule has 1 saturated heterocycles. The van der Waals surface area contributed by atoms with Gasteiger partial charge in [0, 0.05) is 12.0 Å². The molecule has 1 aliphatic heterocycles. The summed E-state index contributed by atoms with van der Waals surface area (Å²) in [4.78, 5) is 23.8. The zero-order valence-corrected chi connectivity index (χ0v) is 14.3. The van der Waals surface area contributed by atoms with Gasteiger partial charge in [-0.3, -0.25) is 4.79 Å². The number of esters is 2. The Morgan fingerprint density at radius 3 is 2.33 bits per heavy atom. The molecule has 1 fully saturated rings. The summed E-state index contributed by atoms with van der Waals surface area (Å²) < 4.78 is 15.6. The molecule has 0 saturated carbocycles. The summed E-state index contributed by atoms with van der Waals surface area (Å²) in [6.07, 6.45) is -5.40. The Labute approximate surface area is 141 Å². The second-order valence-corrected chi connectivity index (χ2v) is 6.14. The van der Waals surface area contributed by atoms with Crippen LogP contribution in [0.3, 0.4) is 0 Å².